The van der Waals surface area contributed by atoms with Crippen molar-refractivity contribution < 1.29 is 18.3 Å². The number of carbonyl (C=O) groups excluding carboxylic acids is 1. The maximum absolute atomic E-state index is 12.0. The summed E-state index contributed by atoms with van der Waals surface area (Å²) >= 11 is 0. The van der Waals surface area contributed by atoms with E-state index in [1.807, 2.05) is 0 Å². The number of benzene rings is 1. The second-order valence-corrected chi connectivity index (χ2v) is 4.72. The van der Waals surface area contributed by atoms with E-state index in [1.54, 1.807) is 0 Å². The average Bonchev–Trinajstić information content (AvgIpc) is 2.79. The lowest BCUT2D eigenvalue weighted by Gasteiger charge is -2.22. The zero-order valence-electron chi connectivity index (χ0n) is 10.4. The van der Waals surface area contributed by atoms with Crippen molar-refractivity contribution in [2.45, 2.75) is 37.8 Å². The van der Waals surface area contributed by atoms with Gasteiger partial charge < -0.3 is 15.8 Å². The van der Waals surface area contributed by atoms with Crippen molar-refractivity contribution in [2.75, 3.05) is 5.32 Å². The molecule has 3 N–H and O–H groups in total. The van der Waals surface area contributed by atoms with Crippen LogP contribution in [0, 0.1) is 0 Å². The number of amides is 1. The van der Waals surface area contributed by atoms with E-state index < -0.39 is 12.2 Å². The number of nitrogens with two attached hydrogens (primary N) is 1. The molecule has 1 aromatic carbocycles. The summed E-state index contributed by atoms with van der Waals surface area (Å²) in [6.07, 6.45) is 3.24. The van der Waals surface area contributed by atoms with Crippen LogP contribution >= 0.6 is 0 Å². The van der Waals surface area contributed by atoms with Gasteiger partial charge in [0, 0.05) is 5.69 Å². The van der Waals surface area contributed by atoms with E-state index in [-0.39, 0.29) is 11.7 Å². The van der Waals surface area contributed by atoms with Crippen LogP contribution < -0.4 is 15.8 Å². The van der Waals surface area contributed by atoms with E-state index in [2.05, 4.69) is 10.1 Å². The van der Waals surface area contributed by atoms with Gasteiger partial charge in [-0.1, -0.05) is 12.8 Å². The quantitative estimate of drug-likeness (QED) is 0.883. The number of carbonyl (C=O) groups is 1. The third-order valence-electron chi connectivity index (χ3n) is 3.29. The lowest BCUT2D eigenvalue weighted by molar-refractivity contribution is -0.121. The summed E-state index contributed by atoms with van der Waals surface area (Å²) in [6, 6.07) is 5.76. The molecule has 2 rings (SSSR count). The fourth-order valence-electron chi connectivity index (χ4n) is 2.21. The number of hydrogen-bond donors (Lipinski definition) is 2. The number of ether oxygens (including phenoxy) is 1. The monoisotopic (exact) mass is 270 g/mol. The number of alkyl halides is 2. The van der Waals surface area contributed by atoms with Crippen LogP contribution in [0.15, 0.2) is 24.3 Å². The topological polar surface area (TPSA) is 64.4 Å². The van der Waals surface area contributed by atoms with Gasteiger partial charge in [0.05, 0.1) is 5.54 Å². The van der Waals surface area contributed by atoms with Gasteiger partial charge in [0.15, 0.2) is 0 Å². The number of anilines is 1. The molecule has 1 aliphatic rings. The molecule has 0 aliphatic heterocycles. The Morgan fingerprint density at radius 3 is 2.37 bits per heavy atom. The molecule has 104 valence electrons. The highest BCUT2D eigenvalue weighted by Crippen LogP contribution is 2.28. The zero-order chi connectivity index (χ0) is 13.9. The molecule has 0 radical (unpaired) electrons. The van der Waals surface area contributed by atoms with Crippen LogP contribution in [0.25, 0.3) is 0 Å². The van der Waals surface area contributed by atoms with Gasteiger partial charge in [-0.2, -0.15) is 8.78 Å². The van der Waals surface area contributed by atoms with Crippen molar-refractivity contribution in [3.05, 3.63) is 24.3 Å². The van der Waals surface area contributed by atoms with Crippen molar-refractivity contribution >= 4 is 11.6 Å². The van der Waals surface area contributed by atoms with Crippen molar-refractivity contribution in [2.24, 2.45) is 5.73 Å². The molecule has 0 bridgehead atoms. The summed E-state index contributed by atoms with van der Waals surface area (Å²) in [5, 5.41) is 2.70. The Labute approximate surface area is 109 Å². The SMILES string of the molecule is NC1(C(=O)Nc2ccc(OC(F)F)cc2)CCCC1. The van der Waals surface area contributed by atoms with Gasteiger partial charge in [-0.25, -0.2) is 0 Å². The van der Waals surface area contributed by atoms with Crippen LogP contribution in [-0.4, -0.2) is 18.1 Å². The summed E-state index contributed by atoms with van der Waals surface area (Å²) in [7, 11) is 0. The summed E-state index contributed by atoms with van der Waals surface area (Å²) in [5.41, 5.74) is 5.72. The Bertz CT molecular complexity index is 442. The minimum atomic E-state index is -2.86. The molecule has 1 saturated carbocycles. The van der Waals surface area contributed by atoms with Crippen LogP contribution in [0.3, 0.4) is 0 Å². The zero-order valence-corrected chi connectivity index (χ0v) is 10.4. The standard InChI is InChI=1S/C13H16F2N2O2/c14-12(15)19-10-5-3-9(4-6-10)17-11(18)13(16)7-1-2-8-13/h3-6,12H,1-2,7-8,16H2,(H,17,18). The molecule has 19 heavy (non-hydrogen) atoms. The van der Waals surface area contributed by atoms with E-state index in [4.69, 9.17) is 5.73 Å². The lowest BCUT2D eigenvalue weighted by Crippen LogP contribution is -2.48. The maximum Gasteiger partial charge on any atom is 0.387 e. The Morgan fingerprint density at radius 2 is 1.84 bits per heavy atom. The van der Waals surface area contributed by atoms with Crippen LogP contribution in [-0.2, 0) is 4.79 Å². The second-order valence-electron chi connectivity index (χ2n) is 4.72. The molecule has 0 aromatic heterocycles. The van der Waals surface area contributed by atoms with Gasteiger partial charge in [0.2, 0.25) is 5.91 Å². The summed E-state index contributed by atoms with van der Waals surface area (Å²) < 4.78 is 28.2. The molecule has 1 aliphatic carbocycles. The van der Waals surface area contributed by atoms with Gasteiger partial charge in [0.1, 0.15) is 5.75 Å². The van der Waals surface area contributed by atoms with Gasteiger partial charge in [-0.05, 0) is 37.1 Å². The molecule has 0 spiro atoms. The van der Waals surface area contributed by atoms with Gasteiger partial charge in [0.25, 0.3) is 0 Å². The Morgan fingerprint density at radius 1 is 1.26 bits per heavy atom. The first-order chi connectivity index (χ1) is 8.99. The predicted octanol–water partition coefficient (Wildman–Crippen LogP) is 2.50. The third-order valence-corrected chi connectivity index (χ3v) is 3.29. The molecule has 1 amide bonds. The first-order valence-electron chi connectivity index (χ1n) is 6.15. The van der Waals surface area contributed by atoms with Crippen LogP contribution in [0.2, 0.25) is 0 Å². The van der Waals surface area contributed by atoms with Crippen molar-refractivity contribution in [3.8, 4) is 5.75 Å². The fourth-order valence-corrected chi connectivity index (χ4v) is 2.21. The number of halogens is 2. The first-order valence-corrected chi connectivity index (χ1v) is 6.15. The number of nitrogens with one attached hydrogen (secondary N) is 1. The van der Waals surface area contributed by atoms with Crippen LogP contribution in [0.5, 0.6) is 5.75 Å². The predicted molar refractivity (Wildman–Crippen MR) is 67.1 cm³/mol. The Hall–Kier alpha value is -1.69. The van der Waals surface area contributed by atoms with E-state index in [0.29, 0.717) is 18.5 Å². The normalized spacial score (nSPS) is 17.5. The van der Waals surface area contributed by atoms with Gasteiger partial charge in [-0.3, -0.25) is 4.79 Å². The molecule has 1 fully saturated rings. The maximum atomic E-state index is 12.0. The van der Waals surface area contributed by atoms with Gasteiger partial charge in [-0.15, -0.1) is 0 Å². The van der Waals surface area contributed by atoms with Crippen molar-refractivity contribution in [1.82, 2.24) is 0 Å². The highest BCUT2D eigenvalue weighted by Gasteiger charge is 2.36. The molecular formula is C13H16F2N2O2. The molecular weight excluding hydrogens is 254 g/mol. The summed E-state index contributed by atoms with van der Waals surface area (Å²) in [6.45, 7) is -2.86. The lowest BCUT2D eigenvalue weighted by atomic mass is 9.98. The summed E-state index contributed by atoms with van der Waals surface area (Å²) in [5.74, 6) is -0.177. The molecule has 0 saturated heterocycles. The minimum Gasteiger partial charge on any atom is -0.435 e. The second kappa shape index (κ2) is 5.52. The Kier molecular flexibility index (Phi) is 3.99. The average molecular weight is 270 g/mol. The minimum absolute atomic E-state index is 0.0522. The van der Waals surface area contributed by atoms with Crippen LogP contribution in [0.1, 0.15) is 25.7 Å². The first kappa shape index (κ1) is 13.7. The molecule has 0 atom stereocenters. The smallest absolute Gasteiger partial charge is 0.387 e. The van der Waals surface area contributed by atoms with Gasteiger partial charge >= 0.3 is 6.61 Å². The molecule has 4 nitrogen and oxygen atoms in total. The Balaban J connectivity index is 1.97. The summed E-state index contributed by atoms with van der Waals surface area (Å²) in [4.78, 5) is 12.0. The van der Waals surface area contributed by atoms with Crippen molar-refractivity contribution in [3.63, 3.8) is 0 Å². The van der Waals surface area contributed by atoms with E-state index in [0.717, 1.165) is 12.8 Å². The number of hydrogen-bond acceptors (Lipinski definition) is 3. The number of rotatable bonds is 4. The van der Waals surface area contributed by atoms with E-state index >= 15 is 0 Å². The molecule has 1 aromatic rings. The highest BCUT2D eigenvalue weighted by molar-refractivity contribution is 5.98. The highest BCUT2D eigenvalue weighted by atomic mass is 19.3. The fraction of sp³-hybridized carbons (Fsp3) is 0.462. The van der Waals surface area contributed by atoms with E-state index in [9.17, 15) is 13.6 Å². The third kappa shape index (κ3) is 3.41. The molecule has 6 heteroatoms. The molecule has 0 unspecified atom stereocenters. The largest absolute Gasteiger partial charge is 0.435 e. The van der Waals surface area contributed by atoms with Crippen LogP contribution in [0.4, 0.5) is 14.5 Å². The van der Waals surface area contributed by atoms with Crippen molar-refractivity contribution in [1.29, 1.82) is 0 Å². The molecule has 0 heterocycles. The van der Waals surface area contributed by atoms with E-state index in [1.165, 1.54) is 24.3 Å².